The molecular weight excluding hydrogens is 350 g/mol. The van der Waals surface area contributed by atoms with E-state index in [1.54, 1.807) is 24.2 Å². The van der Waals surface area contributed by atoms with Gasteiger partial charge in [0.1, 0.15) is 17.5 Å². The van der Waals surface area contributed by atoms with Crippen LogP contribution >= 0.6 is 11.8 Å². The Balaban J connectivity index is 1.70. The monoisotopic (exact) mass is 373 g/mol. The summed E-state index contributed by atoms with van der Waals surface area (Å²) < 4.78 is 5.53. The molecule has 138 valence electrons. The highest BCUT2D eigenvalue weighted by Crippen LogP contribution is 2.36. The molecule has 1 saturated heterocycles. The Morgan fingerprint density at radius 1 is 1.23 bits per heavy atom. The van der Waals surface area contributed by atoms with E-state index in [0.29, 0.717) is 6.54 Å². The van der Waals surface area contributed by atoms with E-state index in [-0.39, 0.29) is 16.8 Å². The molecule has 2 aromatic rings. The summed E-state index contributed by atoms with van der Waals surface area (Å²) in [5.74, 6) is 7.24. The molecule has 1 aromatic heterocycles. The van der Waals surface area contributed by atoms with Crippen LogP contribution < -0.4 is 10.6 Å². The molecule has 2 heterocycles. The fourth-order valence-electron chi connectivity index (χ4n) is 3.18. The highest BCUT2D eigenvalue weighted by atomic mass is 32.2. The number of benzene rings is 1. The Labute approximate surface area is 157 Å². The molecule has 1 atom stereocenters. The summed E-state index contributed by atoms with van der Waals surface area (Å²) in [6.07, 6.45) is 3.38. The molecule has 3 rings (SSSR count). The summed E-state index contributed by atoms with van der Waals surface area (Å²) in [6, 6.07) is 11.1. The van der Waals surface area contributed by atoms with Gasteiger partial charge in [0.05, 0.1) is 0 Å². The SMILES string of the molecule is CC1(C)SCCN(Cc2ccc(Oc3ccncc3)cc2)C1C(=O)ON. The molecule has 0 bridgehead atoms. The summed E-state index contributed by atoms with van der Waals surface area (Å²) in [4.78, 5) is 22.9. The topological polar surface area (TPSA) is 77.7 Å². The first-order valence-corrected chi connectivity index (χ1v) is 9.43. The van der Waals surface area contributed by atoms with Crippen LogP contribution in [0.2, 0.25) is 0 Å². The van der Waals surface area contributed by atoms with Gasteiger partial charge in [-0.05, 0) is 43.7 Å². The third kappa shape index (κ3) is 4.35. The van der Waals surface area contributed by atoms with E-state index >= 15 is 0 Å². The molecule has 0 saturated carbocycles. The minimum atomic E-state index is -0.389. The number of pyridine rings is 1. The van der Waals surface area contributed by atoms with Crippen LogP contribution in [0.4, 0.5) is 0 Å². The van der Waals surface area contributed by atoms with E-state index in [4.69, 9.17) is 10.6 Å². The van der Waals surface area contributed by atoms with Crippen molar-refractivity contribution in [2.45, 2.75) is 31.2 Å². The second kappa shape index (κ2) is 8.07. The summed E-state index contributed by atoms with van der Waals surface area (Å²) in [5, 5.41) is 0. The number of thioether (sulfide) groups is 1. The van der Waals surface area contributed by atoms with Crippen LogP contribution in [-0.4, -0.2) is 38.9 Å². The van der Waals surface area contributed by atoms with Crippen molar-refractivity contribution < 1.29 is 14.4 Å². The van der Waals surface area contributed by atoms with Crippen molar-refractivity contribution in [1.29, 1.82) is 0 Å². The Kier molecular flexibility index (Phi) is 5.80. The molecule has 0 spiro atoms. The third-order valence-electron chi connectivity index (χ3n) is 4.41. The fraction of sp³-hybridized carbons (Fsp3) is 0.368. The number of nitrogens with zero attached hydrogens (tertiary/aromatic N) is 2. The van der Waals surface area contributed by atoms with Gasteiger partial charge in [-0.3, -0.25) is 9.88 Å². The molecule has 7 heteroatoms. The molecular formula is C19H23N3O3S. The molecule has 1 fully saturated rings. The smallest absolute Gasteiger partial charge is 0.343 e. The average molecular weight is 373 g/mol. The van der Waals surface area contributed by atoms with Gasteiger partial charge >= 0.3 is 5.97 Å². The minimum Gasteiger partial charge on any atom is -0.457 e. The zero-order valence-corrected chi connectivity index (χ0v) is 15.7. The lowest BCUT2D eigenvalue weighted by atomic mass is 10.00. The largest absolute Gasteiger partial charge is 0.457 e. The minimum absolute atomic E-state index is 0.251. The summed E-state index contributed by atoms with van der Waals surface area (Å²) in [5.41, 5.74) is 1.10. The van der Waals surface area contributed by atoms with Gasteiger partial charge < -0.3 is 9.57 Å². The molecule has 1 aliphatic heterocycles. The van der Waals surface area contributed by atoms with Crippen LogP contribution in [0.5, 0.6) is 11.5 Å². The van der Waals surface area contributed by atoms with Crippen molar-refractivity contribution >= 4 is 17.7 Å². The van der Waals surface area contributed by atoms with Gasteiger partial charge in [-0.15, -0.1) is 0 Å². The molecule has 26 heavy (non-hydrogen) atoms. The normalized spacial score (nSPS) is 19.7. The lowest BCUT2D eigenvalue weighted by Gasteiger charge is -2.43. The van der Waals surface area contributed by atoms with Gasteiger partial charge in [-0.25, -0.2) is 4.79 Å². The van der Waals surface area contributed by atoms with E-state index < -0.39 is 0 Å². The van der Waals surface area contributed by atoms with Gasteiger partial charge in [0, 0.05) is 36.0 Å². The first-order chi connectivity index (χ1) is 12.5. The lowest BCUT2D eigenvalue weighted by molar-refractivity contribution is -0.152. The molecule has 1 unspecified atom stereocenters. The standard InChI is InChI=1S/C19H23N3O3S/c1-19(2)17(18(23)25-20)22(11-12-26-19)13-14-3-5-15(6-4-14)24-16-7-9-21-10-8-16/h3-10,17H,11-13,20H2,1-2H3. The van der Waals surface area contributed by atoms with Gasteiger partial charge in [0.2, 0.25) is 0 Å². The van der Waals surface area contributed by atoms with Crippen molar-refractivity contribution in [3.05, 3.63) is 54.4 Å². The molecule has 0 aliphatic carbocycles. The molecule has 0 radical (unpaired) electrons. The fourth-order valence-corrected chi connectivity index (χ4v) is 4.44. The average Bonchev–Trinajstić information content (AvgIpc) is 2.63. The summed E-state index contributed by atoms with van der Waals surface area (Å²) in [6.45, 7) is 5.57. The van der Waals surface area contributed by atoms with Crippen LogP contribution in [0.3, 0.4) is 0 Å². The van der Waals surface area contributed by atoms with Gasteiger partial charge in [-0.1, -0.05) is 12.1 Å². The highest BCUT2D eigenvalue weighted by Gasteiger charge is 2.44. The van der Waals surface area contributed by atoms with Crippen molar-refractivity contribution in [1.82, 2.24) is 9.88 Å². The maximum Gasteiger partial charge on any atom is 0.343 e. The van der Waals surface area contributed by atoms with Crippen molar-refractivity contribution in [3.63, 3.8) is 0 Å². The number of carbonyl (C=O) groups is 1. The number of hydrogen-bond donors (Lipinski definition) is 1. The quantitative estimate of drug-likeness (QED) is 0.807. The lowest BCUT2D eigenvalue weighted by Crippen LogP contribution is -2.57. The molecule has 1 aromatic carbocycles. The summed E-state index contributed by atoms with van der Waals surface area (Å²) >= 11 is 1.77. The second-order valence-electron chi connectivity index (χ2n) is 6.69. The predicted octanol–water partition coefficient (Wildman–Crippen LogP) is 2.99. The zero-order valence-electron chi connectivity index (χ0n) is 14.9. The second-order valence-corrected chi connectivity index (χ2v) is 8.44. The van der Waals surface area contributed by atoms with E-state index in [0.717, 1.165) is 29.4 Å². The maximum atomic E-state index is 12.2. The Morgan fingerprint density at radius 3 is 2.54 bits per heavy atom. The molecule has 2 N–H and O–H groups in total. The number of aromatic nitrogens is 1. The third-order valence-corrected chi connectivity index (χ3v) is 5.76. The van der Waals surface area contributed by atoms with E-state index in [1.165, 1.54) is 0 Å². The maximum absolute atomic E-state index is 12.2. The van der Waals surface area contributed by atoms with Crippen molar-refractivity contribution in [2.75, 3.05) is 12.3 Å². The Morgan fingerprint density at radius 2 is 1.88 bits per heavy atom. The van der Waals surface area contributed by atoms with E-state index in [1.807, 2.05) is 36.4 Å². The van der Waals surface area contributed by atoms with Crippen molar-refractivity contribution in [3.8, 4) is 11.5 Å². The first kappa shape index (κ1) is 18.7. The van der Waals surface area contributed by atoms with Gasteiger partial charge in [0.15, 0.2) is 0 Å². The molecule has 6 nitrogen and oxygen atoms in total. The van der Waals surface area contributed by atoms with E-state index in [2.05, 4.69) is 28.6 Å². The van der Waals surface area contributed by atoms with E-state index in [9.17, 15) is 4.79 Å². The molecule has 1 aliphatic rings. The van der Waals surface area contributed by atoms with Crippen LogP contribution in [0, 0.1) is 0 Å². The van der Waals surface area contributed by atoms with Gasteiger partial charge in [-0.2, -0.15) is 17.7 Å². The molecule has 0 amide bonds. The van der Waals surface area contributed by atoms with Crippen LogP contribution in [0.1, 0.15) is 19.4 Å². The van der Waals surface area contributed by atoms with Crippen LogP contribution in [-0.2, 0) is 16.2 Å². The number of carbonyl (C=O) groups excluding carboxylic acids is 1. The van der Waals surface area contributed by atoms with Crippen molar-refractivity contribution in [2.24, 2.45) is 5.90 Å². The first-order valence-electron chi connectivity index (χ1n) is 8.45. The number of nitrogens with two attached hydrogens (primary N) is 1. The van der Waals surface area contributed by atoms with Gasteiger partial charge in [0.25, 0.3) is 0 Å². The Bertz CT molecular complexity index is 737. The summed E-state index contributed by atoms with van der Waals surface area (Å²) in [7, 11) is 0. The predicted molar refractivity (Wildman–Crippen MR) is 102 cm³/mol. The van der Waals surface area contributed by atoms with Crippen LogP contribution in [0.15, 0.2) is 48.8 Å². The zero-order chi connectivity index (χ0) is 18.6. The highest BCUT2D eigenvalue weighted by molar-refractivity contribution is 8.00. The Hall–Kier alpha value is -2.09. The van der Waals surface area contributed by atoms with Crippen LogP contribution in [0.25, 0.3) is 0 Å². The number of hydrogen-bond acceptors (Lipinski definition) is 7. The number of rotatable bonds is 5. The number of ether oxygens (including phenoxy) is 1.